The third-order valence-corrected chi connectivity index (χ3v) is 18.0. The molecule has 5 atom stereocenters. The van der Waals surface area contributed by atoms with Gasteiger partial charge in [-0.15, -0.1) is 0 Å². The van der Waals surface area contributed by atoms with E-state index in [9.17, 15) is 43.2 Å². The molecule has 88 heavy (non-hydrogen) atoms. The minimum absolute atomic E-state index is 0.105. The molecule has 0 fully saturated rings. The van der Waals surface area contributed by atoms with Gasteiger partial charge in [0.1, 0.15) is 19.3 Å². The van der Waals surface area contributed by atoms with Crippen molar-refractivity contribution >= 4 is 39.5 Å². The average molecular weight is 1300 g/mol. The predicted octanol–water partition coefficient (Wildman–Crippen LogP) is 19.9. The second kappa shape index (κ2) is 63.8. The van der Waals surface area contributed by atoms with Crippen molar-refractivity contribution in [1.29, 1.82) is 0 Å². The molecule has 17 nitrogen and oxygen atoms in total. The van der Waals surface area contributed by atoms with Gasteiger partial charge < -0.3 is 33.8 Å². The van der Waals surface area contributed by atoms with E-state index in [1.165, 1.54) is 180 Å². The number of esters is 4. The lowest BCUT2D eigenvalue weighted by Gasteiger charge is -2.21. The third kappa shape index (κ3) is 62.8. The molecule has 0 amide bonds. The number of carbonyl (C=O) groups is 4. The topological polar surface area (TPSA) is 237 Å². The zero-order valence-electron chi connectivity index (χ0n) is 56.7. The first-order chi connectivity index (χ1) is 42.7. The summed E-state index contributed by atoms with van der Waals surface area (Å²) in [7, 11) is -9.89. The van der Waals surface area contributed by atoms with Crippen molar-refractivity contribution in [3.05, 3.63) is 0 Å². The minimum Gasteiger partial charge on any atom is -0.462 e. The Labute approximate surface area is 537 Å². The highest BCUT2D eigenvalue weighted by Crippen LogP contribution is 2.45. The number of rotatable bonds is 70. The first-order valence-corrected chi connectivity index (χ1v) is 39.3. The first kappa shape index (κ1) is 86.1. The van der Waals surface area contributed by atoms with Gasteiger partial charge >= 0.3 is 39.5 Å². The van der Waals surface area contributed by atoms with Crippen molar-refractivity contribution < 1.29 is 80.2 Å². The Balaban J connectivity index is 5.14. The van der Waals surface area contributed by atoms with Gasteiger partial charge in [0.2, 0.25) is 0 Å². The van der Waals surface area contributed by atoms with Crippen LogP contribution in [0.15, 0.2) is 0 Å². The standard InChI is InChI=1S/C69H134O17P2/c1-5-9-13-17-21-25-27-29-30-31-32-33-34-35-36-38-40-44-48-52-56-69(74)86-65(60-80-67(72)54-50-46-43-39-37-28-26-22-18-14-10-6-2)62-84-88(77,78)82-58-63(70)57-81-87(75,76)83-61-64(85-68(73)55-51-47-42-24-20-16-12-8-4)59-79-66(71)53-49-45-41-23-19-15-11-7-3/h63-65,70H,5-62H2,1-4H3,(H,75,76)(H,77,78)/t63-,64+,65+/m0/s1. The molecule has 19 heteroatoms. The number of ether oxygens (including phenoxy) is 4. The molecule has 0 aromatic carbocycles. The number of hydrogen-bond acceptors (Lipinski definition) is 15. The van der Waals surface area contributed by atoms with Crippen LogP contribution >= 0.6 is 15.6 Å². The average Bonchev–Trinajstić information content (AvgIpc) is 3.60. The summed E-state index contributed by atoms with van der Waals surface area (Å²) in [6, 6.07) is 0. The minimum atomic E-state index is -4.95. The van der Waals surface area contributed by atoms with Crippen LogP contribution in [0.25, 0.3) is 0 Å². The molecule has 522 valence electrons. The van der Waals surface area contributed by atoms with Gasteiger partial charge in [-0.25, -0.2) is 9.13 Å². The lowest BCUT2D eigenvalue weighted by molar-refractivity contribution is -0.161. The fraction of sp³-hybridized carbons (Fsp3) is 0.942. The maximum Gasteiger partial charge on any atom is 0.472 e. The van der Waals surface area contributed by atoms with Crippen LogP contribution in [0.5, 0.6) is 0 Å². The van der Waals surface area contributed by atoms with Gasteiger partial charge in [0, 0.05) is 25.7 Å². The molecule has 0 saturated heterocycles. The van der Waals surface area contributed by atoms with Crippen LogP contribution < -0.4 is 0 Å². The molecular weight excluding hydrogens is 1160 g/mol. The highest BCUT2D eigenvalue weighted by atomic mass is 31.2. The molecule has 0 radical (unpaired) electrons. The van der Waals surface area contributed by atoms with Crippen LogP contribution in [-0.4, -0.2) is 96.7 Å². The second-order valence-electron chi connectivity index (χ2n) is 24.9. The number of hydrogen-bond donors (Lipinski definition) is 3. The summed E-state index contributed by atoms with van der Waals surface area (Å²) >= 11 is 0. The summed E-state index contributed by atoms with van der Waals surface area (Å²) in [5.74, 6) is -2.13. The van der Waals surface area contributed by atoms with E-state index in [1.54, 1.807) is 0 Å². The van der Waals surface area contributed by atoms with Gasteiger partial charge in [0.25, 0.3) is 0 Å². The quantitative estimate of drug-likeness (QED) is 0.0222. The second-order valence-corrected chi connectivity index (χ2v) is 27.8. The SMILES string of the molecule is CCCCCCCCCCCCCCCCCCCCCCC(=O)O[C@H](COC(=O)CCCCCCCCCCCCCC)COP(=O)(O)OC[C@@H](O)COP(=O)(O)OC[C@@H](COC(=O)CCCCCCCCCC)OC(=O)CCCCCCCCCC. The Hall–Kier alpha value is -1.94. The van der Waals surface area contributed by atoms with Gasteiger partial charge in [-0.05, 0) is 25.7 Å². The Morgan fingerprint density at radius 2 is 0.455 bits per heavy atom. The van der Waals surface area contributed by atoms with Crippen molar-refractivity contribution in [3.63, 3.8) is 0 Å². The van der Waals surface area contributed by atoms with E-state index in [4.69, 9.17) is 37.0 Å². The van der Waals surface area contributed by atoms with E-state index in [0.29, 0.717) is 25.7 Å². The van der Waals surface area contributed by atoms with E-state index in [1.807, 2.05) is 0 Å². The maximum absolute atomic E-state index is 13.0. The molecule has 0 aromatic heterocycles. The highest BCUT2D eigenvalue weighted by Gasteiger charge is 2.30. The van der Waals surface area contributed by atoms with Crippen LogP contribution in [0.1, 0.15) is 362 Å². The van der Waals surface area contributed by atoms with Crippen molar-refractivity contribution in [1.82, 2.24) is 0 Å². The maximum atomic E-state index is 13.0. The first-order valence-electron chi connectivity index (χ1n) is 36.3. The zero-order valence-corrected chi connectivity index (χ0v) is 58.5. The van der Waals surface area contributed by atoms with Crippen LogP contribution in [0.3, 0.4) is 0 Å². The Kier molecular flexibility index (Phi) is 62.4. The molecule has 0 aliphatic heterocycles. The normalized spacial score (nSPS) is 14.0. The molecule has 0 rings (SSSR count). The van der Waals surface area contributed by atoms with Gasteiger partial charge in [-0.3, -0.25) is 37.3 Å². The molecule has 2 unspecified atom stereocenters. The van der Waals surface area contributed by atoms with E-state index >= 15 is 0 Å². The number of aliphatic hydroxyl groups is 1. The number of aliphatic hydroxyl groups excluding tert-OH is 1. The monoisotopic (exact) mass is 1300 g/mol. The molecule has 0 aliphatic carbocycles. The summed E-state index contributed by atoms with van der Waals surface area (Å²) in [6.07, 6.45) is 51.5. The van der Waals surface area contributed by atoms with E-state index in [2.05, 4.69) is 27.7 Å². The lowest BCUT2D eigenvalue weighted by atomic mass is 10.0. The summed E-state index contributed by atoms with van der Waals surface area (Å²) in [4.78, 5) is 72.3. The summed E-state index contributed by atoms with van der Waals surface area (Å²) in [5, 5.41) is 10.5. The van der Waals surface area contributed by atoms with Gasteiger partial charge in [0.05, 0.1) is 26.4 Å². The molecule has 0 saturated carbocycles. The number of carbonyl (C=O) groups excluding carboxylic acids is 4. The summed E-state index contributed by atoms with van der Waals surface area (Å²) in [5.41, 5.74) is 0. The molecule has 0 bridgehead atoms. The largest absolute Gasteiger partial charge is 0.472 e. The van der Waals surface area contributed by atoms with Crippen molar-refractivity contribution in [2.75, 3.05) is 39.6 Å². The molecule has 0 aromatic rings. The zero-order chi connectivity index (χ0) is 64.7. The van der Waals surface area contributed by atoms with Crippen LogP contribution in [0.2, 0.25) is 0 Å². The number of unbranched alkanes of at least 4 members (excludes halogenated alkanes) is 44. The lowest BCUT2D eigenvalue weighted by Crippen LogP contribution is -2.30. The summed E-state index contributed by atoms with van der Waals surface area (Å²) < 4.78 is 68.1. The smallest absolute Gasteiger partial charge is 0.462 e. The van der Waals surface area contributed by atoms with Gasteiger partial charge in [-0.1, -0.05) is 310 Å². The Bertz CT molecular complexity index is 1690. The molecule has 3 N–H and O–H groups in total. The van der Waals surface area contributed by atoms with E-state index in [-0.39, 0.29) is 25.7 Å². The molecule has 0 aliphatic rings. The Morgan fingerprint density at radius 1 is 0.273 bits per heavy atom. The molecular formula is C69H134O17P2. The Morgan fingerprint density at radius 3 is 0.670 bits per heavy atom. The van der Waals surface area contributed by atoms with E-state index < -0.39 is 97.5 Å². The fourth-order valence-corrected chi connectivity index (χ4v) is 12.1. The van der Waals surface area contributed by atoms with Crippen molar-refractivity contribution in [3.8, 4) is 0 Å². The fourth-order valence-electron chi connectivity index (χ4n) is 10.5. The molecule has 0 spiro atoms. The van der Waals surface area contributed by atoms with Gasteiger partial charge in [-0.2, -0.15) is 0 Å². The van der Waals surface area contributed by atoms with Crippen LogP contribution in [0.4, 0.5) is 0 Å². The number of phosphoric acid groups is 2. The molecule has 0 heterocycles. The summed E-state index contributed by atoms with van der Waals surface area (Å²) in [6.45, 7) is 4.88. The number of phosphoric ester groups is 2. The van der Waals surface area contributed by atoms with Crippen molar-refractivity contribution in [2.24, 2.45) is 0 Å². The highest BCUT2D eigenvalue weighted by molar-refractivity contribution is 7.47. The van der Waals surface area contributed by atoms with Crippen LogP contribution in [-0.2, 0) is 65.4 Å². The van der Waals surface area contributed by atoms with Crippen LogP contribution in [0, 0.1) is 0 Å². The third-order valence-electron chi connectivity index (χ3n) is 16.1. The van der Waals surface area contributed by atoms with Gasteiger partial charge in [0.15, 0.2) is 12.2 Å². The predicted molar refractivity (Wildman–Crippen MR) is 354 cm³/mol. The van der Waals surface area contributed by atoms with E-state index in [0.717, 1.165) is 103 Å². The van der Waals surface area contributed by atoms with Crippen molar-refractivity contribution in [2.45, 2.75) is 380 Å².